The molecule has 0 saturated carbocycles. The zero-order valence-corrected chi connectivity index (χ0v) is 19.4. The van der Waals surface area contributed by atoms with Crippen molar-refractivity contribution in [1.82, 2.24) is 14.8 Å². The predicted octanol–water partition coefficient (Wildman–Crippen LogP) is 4.98. The summed E-state index contributed by atoms with van der Waals surface area (Å²) in [5.41, 5.74) is 3.56. The number of aryl methyl sites for hydroxylation is 1. The van der Waals surface area contributed by atoms with E-state index in [1.807, 2.05) is 84.4 Å². The molecule has 1 aliphatic heterocycles. The highest BCUT2D eigenvalue weighted by Gasteiger charge is 2.40. The van der Waals surface area contributed by atoms with Crippen LogP contribution in [0.1, 0.15) is 45.6 Å². The third kappa shape index (κ3) is 3.69. The third-order valence-electron chi connectivity index (χ3n) is 6.42. The first-order valence-electron chi connectivity index (χ1n) is 11.2. The molecule has 4 aromatic rings. The Kier molecular flexibility index (Phi) is 5.76. The fraction of sp³-hybridized carbons (Fsp3) is 0.222. The van der Waals surface area contributed by atoms with Crippen LogP contribution >= 0.6 is 0 Å². The summed E-state index contributed by atoms with van der Waals surface area (Å²) in [7, 11) is 3.31. The summed E-state index contributed by atoms with van der Waals surface area (Å²) >= 11 is 0. The Bertz CT molecular complexity index is 1320. The van der Waals surface area contributed by atoms with Gasteiger partial charge in [0.05, 0.1) is 26.3 Å². The highest BCUT2D eigenvalue weighted by molar-refractivity contribution is 6.06. The topological polar surface area (TPSA) is 69.5 Å². The number of amides is 1. The molecule has 0 saturated heterocycles. The summed E-state index contributed by atoms with van der Waals surface area (Å²) < 4.78 is 12.8. The number of anilines is 1. The molecule has 2 atom stereocenters. The van der Waals surface area contributed by atoms with Crippen molar-refractivity contribution in [3.8, 4) is 11.5 Å². The first kappa shape index (κ1) is 21.7. The van der Waals surface area contributed by atoms with Crippen LogP contribution in [-0.2, 0) is 0 Å². The minimum Gasteiger partial charge on any atom is -0.497 e. The molecule has 0 bridgehead atoms. The Labute approximate surface area is 198 Å². The first-order chi connectivity index (χ1) is 16.6. The van der Waals surface area contributed by atoms with Crippen LogP contribution in [0.15, 0.2) is 79.1 Å². The van der Waals surface area contributed by atoms with E-state index in [-0.39, 0.29) is 18.0 Å². The SMILES string of the molecule is COc1ccc([C@H]2C[C@H](c3ccccc3OC)n3ncnc3N2C(=O)c2ccccc2C)cc1. The number of aromatic nitrogens is 3. The summed E-state index contributed by atoms with van der Waals surface area (Å²) in [6, 6.07) is 23.0. The summed E-state index contributed by atoms with van der Waals surface area (Å²) in [4.78, 5) is 20.3. The number of carbonyl (C=O) groups is 1. The molecule has 1 amide bonds. The number of ether oxygens (including phenoxy) is 2. The maximum atomic E-state index is 13.9. The maximum absolute atomic E-state index is 13.9. The van der Waals surface area contributed by atoms with Crippen molar-refractivity contribution in [2.45, 2.75) is 25.4 Å². The standard InChI is InChI=1S/C27H26N4O3/c1-18-8-4-5-9-21(18)26(32)30-23(19-12-14-20(33-2)15-13-19)16-24(31-27(30)28-17-29-31)22-10-6-7-11-25(22)34-3/h4-15,17,23-24H,16H2,1-3H3/t23-,24-/m1/s1. The van der Waals surface area contributed by atoms with E-state index in [4.69, 9.17) is 9.47 Å². The minimum atomic E-state index is -0.260. The van der Waals surface area contributed by atoms with Crippen LogP contribution in [-0.4, -0.2) is 34.9 Å². The van der Waals surface area contributed by atoms with E-state index in [1.165, 1.54) is 6.33 Å². The quantitative estimate of drug-likeness (QED) is 0.425. The molecule has 172 valence electrons. The number of nitrogens with zero attached hydrogens (tertiary/aromatic N) is 4. The molecule has 2 heterocycles. The van der Waals surface area contributed by atoms with Crippen LogP contribution in [0.3, 0.4) is 0 Å². The van der Waals surface area contributed by atoms with E-state index < -0.39 is 0 Å². The Balaban J connectivity index is 1.67. The van der Waals surface area contributed by atoms with Gasteiger partial charge in [-0.1, -0.05) is 48.5 Å². The summed E-state index contributed by atoms with van der Waals surface area (Å²) in [5.74, 6) is 1.95. The van der Waals surface area contributed by atoms with Gasteiger partial charge in [0.2, 0.25) is 5.95 Å². The summed E-state index contributed by atoms with van der Waals surface area (Å²) in [6.45, 7) is 1.95. The number of hydrogen-bond acceptors (Lipinski definition) is 5. The van der Waals surface area contributed by atoms with Crippen LogP contribution in [0.4, 0.5) is 5.95 Å². The van der Waals surface area contributed by atoms with Gasteiger partial charge in [-0.15, -0.1) is 0 Å². The zero-order valence-electron chi connectivity index (χ0n) is 19.4. The van der Waals surface area contributed by atoms with Crippen LogP contribution in [0.25, 0.3) is 0 Å². The lowest BCUT2D eigenvalue weighted by Crippen LogP contribution is -2.43. The number of hydrogen-bond donors (Lipinski definition) is 0. The van der Waals surface area contributed by atoms with Crippen molar-refractivity contribution < 1.29 is 14.3 Å². The second-order valence-electron chi connectivity index (χ2n) is 8.28. The van der Waals surface area contributed by atoms with Crippen LogP contribution in [0, 0.1) is 6.92 Å². The van der Waals surface area contributed by atoms with Crippen molar-refractivity contribution in [1.29, 1.82) is 0 Å². The lowest BCUT2D eigenvalue weighted by molar-refractivity contribution is 0.0962. The van der Waals surface area contributed by atoms with Crippen molar-refractivity contribution in [2.75, 3.05) is 19.1 Å². The number of rotatable bonds is 5. The van der Waals surface area contributed by atoms with E-state index in [0.717, 1.165) is 28.2 Å². The van der Waals surface area contributed by atoms with Gasteiger partial charge in [0.15, 0.2) is 0 Å². The average molecular weight is 455 g/mol. The molecule has 5 rings (SSSR count). The minimum absolute atomic E-state index is 0.105. The van der Waals surface area contributed by atoms with E-state index in [9.17, 15) is 4.79 Å². The van der Waals surface area contributed by atoms with E-state index >= 15 is 0 Å². The number of para-hydroxylation sites is 1. The average Bonchev–Trinajstić information content (AvgIpc) is 3.37. The maximum Gasteiger partial charge on any atom is 0.261 e. The zero-order chi connectivity index (χ0) is 23.7. The molecular weight excluding hydrogens is 428 g/mol. The Hall–Kier alpha value is -4.13. The Morgan fingerprint density at radius 1 is 0.912 bits per heavy atom. The molecule has 0 N–H and O–H groups in total. The van der Waals surface area contributed by atoms with Crippen LogP contribution < -0.4 is 14.4 Å². The largest absolute Gasteiger partial charge is 0.497 e. The molecule has 0 unspecified atom stereocenters. The van der Waals surface area contributed by atoms with Gasteiger partial charge >= 0.3 is 0 Å². The van der Waals surface area contributed by atoms with Gasteiger partial charge in [-0.3, -0.25) is 9.69 Å². The molecule has 0 aliphatic carbocycles. The molecule has 7 heteroatoms. The van der Waals surface area contributed by atoms with Gasteiger partial charge in [-0.2, -0.15) is 10.1 Å². The second-order valence-corrected chi connectivity index (χ2v) is 8.28. The fourth-order valence-electron chi connectivity index (χ4n) is 4.68. The highest BCUT2D eigenvalue weighted by Crippen LogP contribution is 2.44. The highest BCUT2D eigenvalue weighted by atomic mass is 16.5. The van der Waals surface area contributed by atoms with Gasteiger partial charge in [0.25, 0.3) is 5.91 Å². The molecule has 34 heavy (non-hydrogen) atoms. The van der Waals surface area contributed by atoms with Crippen molar-refractivity contribution in [3.05, 3.63) is 101 Å². The number of carbonyl (C=O) groups excluding carboxylic acids is 1. The molecule has 0 spiro atoms. The monoisotopic (exact) mass is 454 g/mol. The molecule has 1 aliphatic rings. The summed E-state index contributed by atoms with van der Waals surface area (Å²) in [6.07, 6.45) is 2.12. The van der Waals surface area contributed by atoms with Gasteiger partial charge in [0, 0.05) is 11.1 Å². The van der Waals surface area contributed by atoms with Gasteiger partial charge in [-0.05, 0) is 48.7 Å². The second kappa shape index (κ2) is 9.02. The fourth-order valence-corrected chi connectivity index (χ4v) is 4.68. The number of methoxy groups -OCH3 is 2. The van der Waals surface area contributed by atoms with Crippen molar-refractivity contribution >= 4 is 11.9 Å². The van der Waals surface area contributed by atoms with Crippen molar-refractivity contribution in [2.24, 2.45) is 0 Å². The molecule has 0 radical (unpaired) electrons. The summed E-state index contributed by atoms with van der Waals surface area (Å²) in [5, 5.41) is 4.53. The van der Waals surface area contributed by atoms with Gasteiger partial charge in [-0.25, -0.2) is 4.68 Å². The molecule has 1 aromatic heterocycles. The van der Waals surface area contributed by atoms with Gasteiger partial charge < -0.3 is 9.47 Å². The molecular formula is C27H26N4O3. The van der Waals surface area contributed by atoms with E-state index in [2.05, 4.69) is 10.1 Å². The first-order valence-corrected chi connectivity index (χ1v) is 11.2. The van der Waals surface area contributed by atoms with Crippen LogP contribution in [0.2, 0.25) is 0 Å². The van der Waals surface area contributed by atoms with Gasteiger partial charge in [0.1, 0.15) is 17.8 Å². The predicted molar refractivity (Wildman–Crippen MR) is 129 cm³/mol. The number of benzene rings is 3. The lowest BCUT2D eigenvalue weighted by atomic mass is 9.90. The number of fused-ring (bicyclic) bond motifs is 1. The molecule has 3 aromatic carbocycles. The van der Waals surface area contributed by atoms with Crippen LogP contribution in [0.5, 0.6) is 11.5 Å². The van der Waals surface area contributed by atoms with E-state index in [0.29, 0.717) is 17.9 Å². The third-order valence-corrected chi connectivity index (χ3v) is 6.42. The van der Waals surface area contributed by atoms with E-state index in [1.54, 1.807) is 19.1 Å². The molecule has 7 nitrogen and oxygen atoms in total. The Morgan fingerprint density at radius 3 is 2.38 bits per heavy atom. The Morgan fingerprint density at radius 2 is 1.65 bits per heavy atom. The molecule has 0 fully saturated rings. The van der Waals surface area contributed by atoms with Crippen molar-refractivity contribution in [3.63, 3.8) is 0 Å². The normalized spacial score (nSPS) is 17.2. The lowest BCUT2D eigenvalue weighted by Gasteiger charge is -2.39. The smallest absolute Gasteiger partial charge is 0.261 e.